The lowest BCUT2D eigenvalue weighted by molar-refractivity contribution is 0.0785. The quantitative estimate of drug-likeness (QED) is 0.715. The van der Waals surface area contributed by atoms with Crippen LogP contribution in [0, 0.1) is 17.1 Å². The largest absolute Gasteiger partial charge is 0.386 e. The maximum atomic E-state index is 12.9. The van der Waals surface area contributed by atoms with Crippen LogP contribution in [0.15, 0.2) is 18.2 Å². The minimum atomic E-state index is -1.04. The Morgan fingerprint density at radius 3 is 2.54 bits per heavy atom. The molecule has 0 aliphatic heterocycles. The highest BCUT2D eigenvalue weighted by molar-refractivity contribution is 5.36. The highest BCUT2D eigenvalue weighted by Crippen LogP contribution is 2.21. The molecule has 0 aromatic heterocycles. The van der Waals surface area contributed by atoms with Crippen molar-refractivity contribution in [1.82, 2.24) is 0 Å². The summed E-state index contributed by atoms with van der Waals surface area (Å²) in [6, 6.07) is 5.73. The van der Waals surface area contributed by atoms with Crippen LogP contribution >= 0.6 is 0 Å². The Balaban J connectivity index is 3.24. The van der Waals surface area contributed by atoms with Gasteiger partial charge < -0.3 is 5.11 Å². The number of hydrogen-bond acceptors (Lipinski definition) is 2. The molecule has 0 spiro atoms. The number of hydrogen-bond donors (Lipinski definition) is 1. The molecule has 0 saturated heterocycles. The summed E-state index contributed by atoms with van der Waals surface area (Å²) in [7, 11) is 0. The summed E-state index contributed by atoms with van der Waals surface area (Å²) in [4.78, 5) is 0. The minimum absolute atomic E-state index is 0.0420. The first-order valence-electron chi connectivity index (χ1n) is 3.87. The van der Waals surface area contributed by atoms with E-state index in [4.69, 9.17) is 5.26 Å². The molecule has 1 N–H and O–H groups in total. The zero-order valence-corrected chi connectivity index (χ0v) is 7.50. The molecule has 2 nitrogen and oxygen atoms in total. The van der Waals surface area contributed by atoms with Crippen LogP contribution in [0.25, 0.3) is 0 Å². The summed E-state index contributed by atoms with van der Waals surface area (Å²) in [6.07, 6.45) is 0. The molecule has 0 unspecified atom stereocenters. The molecule has 0 amide bonds. The first kappa shape index (κ1) is 9.69. The lowest BCUT2D eigenvalue weighted by Crippen LogP contribution is -2.15. The molecular formula is C10H10FNO. The van der Waals surface area contributed by atoms with Crippen molar-refractivity contribution in [2.24, 2.45) is 0 Å². The molecule has 68 valence electrons. The Labute approximate surface area is 76.2 Å². The second-order valence-corrected chi connectivity index (χ2v) is 3.37. The molecule has 0 fully saturated rings. The number of benzene rings is 1. The van der Waals surface area contributed by atoms with E-state index in [9.17, 15) is 9.50 Å². The van der Waals surface area contributed by atoms with Crippen molar-refractivity contribution < 1.29 is 9.50 Å². The molecule has 0 atom stereocenters. The van der Waals surface area contributed by atoms with Crippen LogP contribution in [0.5, 0.6) is 0 Å². The van der Waals surface area contributed by atoms with Crippen molar-refractivity contribution >= 4 is 0 Å². The highest BCUT2D eigenvalue weighted by Gasteiger charge is 2.17. The molecule has 1 aromatic carbocycles. The molecular weight excluding hydrogens is 169 g/mol. The summed E-state index contributed by atoms with van der Waals surface area (Å²) in [5.74, 6) is -0.560. The zero-order chi connectivity index (χ0) is 10.1. The van der Waals surface area contributed by atoms with Crippen LogP contribution in [0.4, 0.5) is 4.39 Å². The van der Waals surface area contributed by atoms with Crippen molar-refractivity contribution in [3.63, 3.8) is 0 Å². The van der Waals surface area contributed by atoms with E-state index in [1.165, 1.54) is 18.2 Å². The third kappa shape index (κ3) is 2.04. The van der Waals surface area contributed by atoms with Crippen LogP contribution in [0.3, 0.4) is 0 Å². The standard InChI is InChI=1S/C10H10FNO/c1-10(2,13)8-3-4-9(11)7(5-8)6-12/h3-5,13H,1-2H3. The van der Waals surface area contributed by atoms with E-state index in [0.717, 1.165) is 0 Å². The van der Waals surface area contributed by atoms with Gasteiger partial charge >= 0.3 is 0 Å². The van der Waals surface area contributed by atoms with Crippen molar-refractivity contribution in [2.45, 2.75) is 19.4 Å². The predicted octanol–water partition coefficient (Wildman–Crippen LogP) is 1.92. The number of halogens is 1. The van der Waals surface area contributed by atoms with E-state index in [1.54, 1.807) is 19.9 Å². The van der Waals surface area contributed by atoms with Gasteiger partial charge in [0.1, 0.15) is 11.9 Å². The molecule has 0 aliphatic carbocycles. The smallest absolute Gasteiger partial charge is 0.140 e. The molecule has 1 rings (SSSR count). The third-order valence-electron chi connectivity index (χ3n) is 1.79. The Hall–Kier alpha value is -1.40. The van der Waals surface area contributed by atoms with Gasteiger partial charge in [-0.25, -0.2) is 4.39 Å². The van der Waals surface area contributed by atoms with Gasteiger partial charge in [-0.1, -0.05) is 6.07 Å². The second kappa shape index (κ2) is 3.15. The van der Waals surface area contributed by atoms with Crippen molar-refractivity contribution in [2.75, 3.05) is 0 Å². The molecule has 3 heteroatoms. The molecule has 0 radical (unpaired) electrons. The third-order valence-corrected chi connectivity index (χ3v) is 1.79. The first-order chi connectivity index (χ1) is 5.95. The van der Waals surface area contributed by atoms with Crippen molar-refractivity contribution in [3.8, 4) is 6.07 Å². The lowest BCUT2D eigenvalue weighted by Gasteiger charge is -2.17. The normalized spacial score (nSPS) is 11.0. The van der Waals surface area contributed by atoms with E-state index < -0.39 is 11.4 Å². The molecule has 0 bridgehead atoms. The van der Waals surface area contributed by atoms with Crippen molar-refractivity contribution in [3.05, 3.63) is 35.1 Å². The molecule has 0 heterocycles. The van der Waals surface area contributed by atoms with E-state index >= 15 is 0 Å². The summed E-state index contributed by atoms with van der Waals surface area (Å²) < 4.78 is 12.9. The average molecular weight is 179 g/mol. The SMILES string of the molecule is CC(C)(O)c1ccc(F)c(C#N)c1. The van der Waals surface area contributed by atoms with Gasteiger partial charge in [-0.15, -0.1) is 0 Å². The number of nitriles is 1. The first-order valence-corrected chi connectivity index (χ1v) is 3.87. The van der Waals surface area contributed by atoms with E-state index in [2.05, 4.69) is 0 Å². The molecule has 1 aromatic rings. The van der Waals surface area contributed by atoms with Gasteiger partial charge in [-0.05, 0) is 31.5 Å². The maximum Gasteiger partial charge on any atom is 0.140 e. The summed E-state index contributed by atoms with van der Waals surface area (Å²) in [6.45, 7) is 3.17. The Morgan fingerprint density at radius 1 is 1.46 bits per heavy atom. The van der Waals surface area contributed by atoms with Gasteiger partial charge in [-0.2, -0.15) is 5.26 Å². The lowest BCUT2D eigenvalue weighted by atomic mass is 9.97. The molecule has 0 aliphatic rings. The van der Waals surface area contributed by atoms with Gasteiger partial charge in [0, 0.05) is 0 Å². The number of nitrogens with zero attached hydrogens (tertiary/aromatic N) is 1. The minimum Gasteiger partial charge on any atom is -0.386 e. The van der Waals surface area contributed by atoms with Gasteiger partial charge in [0.15, 0.2) is 0 Å². The fourth-order valence-electron chi connectivity index (χ4n) is 0.992. The van der Waals surface area contributed by atoms with Gasteiger partial charge in [0.05, 0.1) is 11.2 Å². The Bertz CT molecular complexity index is 360. The van der Waals surface area contributed by atoms with Gasteiger partial charge in [-0.3, -0.25) is 0 Å². The maximum absolute atomic E-state index is 12.9. The van der Waals surface area contributed by atoms with Crippen LogP contribution in [0.2, 0.25) is 0 Å². The summed E-state index contributed by atoms with van der Waals surface area (Å²) >= 11 is 0. The second-order valence-electron chi connectivity index (χ2n) is 3.37. The topological polar surface area (TPSA) is 44.0 Å². The Morgan fingerprint density at radius 2 is 2.08 bits per heavy atom. The highest BCUT2D eigenvalue weighted by atomic mass is 19.1. The van der Waals surface area contributed by atoms with E-state index in [-0.39, 0.29) is 5.56 Å². The zero-order valence-electron chi connectivity index (χ0n) is 7.50. The van der Waals surface area contributed by atoms with Crippen LogP contribution in [-0.2, 0) is 5.60 Å². The molecule has 0 saturated carbocycles. The monoisotopic (exact) mass is 179 g/mol. The summed E-state index contributed by atoms with van der Waals surface area (Å²) in [5, 5.41) is 18.1. The fraction of sp³-hybridized carbons (Fsp3) is 0.300. The predicted molar refractivity (Wildman–Crippen MR) is 46.4 cm³/mol. The van der Waals surface area contributed by atoms with E-state index in [1.807, 2.05) is 0 Å². The number of aliphatic hydroxyl groups is 1. The van der Waals surface area contributed by atoms with Crippen LogP contribution < -0.4 is 0 Å². The average Bonchev–Trinajstić information content (AvgIpc) is 2.03. The summed E-state index contributed by atoms with van der Waals surface area (Å²) in [5.41, 5.74) is -0.552. The van der Waals surface area contributed by atoms with E-state index in [0.29, 0.717) is 5.56 Å². The van der Waals surface area contributed by atoms with Gasteiger partial charge in [0.25, 0.3) is 0 Å². The van der Waals surface area contributed by atoms with Gasteiger partial charge in [0.2, 0.25) is 0 Å². The molecule has 13 heavy (non-hydrogen) atoms. The fourth-order valence-corrected chi connectivity index (χ4v) is 0.992. The Kier molecular flexibility index (Phi) is 2.35. The van der Waals surface area contributed by atoms with Crippen LogP contribution in [0.1, 0.15) is 25.0 Å². The van der Waals surface area contributed by atoms with Crippen LogP contribution in [-0.4, -0.2) is 5.11 Å². The number of rotatable bonds is 1. The van der Waals surface area contributed by atoms with Crippen molar-refractivity contribution in [1.29, 1.82) is 5.26 Å².